The number of H-pyrrole nitrogens is 2. The number of hydrogen-bond donors (Lipinski definition) is 2. The average molecular weight is 217 g/mol. The van der Waals surface area contributed by atoms with Crippen LogP contribution in [0.3, 0.4) is 0 Å². The fourth-order valence-corrected chi connectivity index (χ4v) is 1.75. The zero-order valence-corrected chi connectivity index (χ0v) is 8.47. The molecular weight excluding hydrogens is 210 g/mol. The van der Waals surface area contributed by atoms with Crippen molar-refractivity contribution in [3.05, 3.63) is 35.4 Å². The van der Waals surface area contributed by atoms with Crippen LogP contribution in [-0.4, -0.2) is 15.0 Å². The maximum Gasteiger partial charge on any atom is 0.225 e. The van der Waals surface area contributed by atoms with E-state index in [4.69, 9.17) is 16.6 Å². The second kappa shape index (κ2) is 3.06. The summed E-state index contributed by atoms with van der Waals surface area (Å²) in [6.45, 7) is 0. The van der Waals surface area contributed by atoms with Gasteiger partial charge in [0.1, 0.15) is 6.26 Å². The van der Waals surface area contributed by atoms with Crippen LogP contribution in [0.2, 0.25) is 0 Å². The number of imidazole rings is 1. The molecule has 0 amide bonds. The van der Waals surface area contributed by atoms with Gasteiger partial charge >= 0.3 is 0 Å². The first-order chi connectivity index (χ1) is 7.33. The molecule has 0 saturated heterocycles. The Morgan fingerprint density at radius 2 is 2.07 bits per heavy atom. The summed E-state index contributed by atoms with van der Waals surface area (Å²) in [4.78, 5) is 10.2. The molecule has 2 heterocycles. The first-order valence-electron chi connectivity index (χ1n) is 4.45. The van der Waals surface area contributed by atoms with Gasteiger partial charge in [-0.15, -0.1) is 0 Å². The molecule has 74 valence electrons. The summed E-state index contributed by atoms with van der Waals surface area (Å²) in [7, 11) is 0. The minimum atomic E-state index is 0.609. The molecule has 0 aliphatic heterocycles. The first kappa shape index (κ1) is 8.43. The predicted molar refractivity (Wildman–Crippen MR) is 59.0 cm³/mol. The van der Waals surface area contributed by atoms with Crippen LogP contribution in [0.15, 0.2) is 35.1 Å². The van der Waals surface area contributed by atoms with Crippen molar-refractivity contribution in [1.82, 2.24) is 15.0 Å². The van der Waals surface area contributed by atoms with Crippen molar-refractivity contribution in [1.29, 1.82) is 0 Å². The van der Waals surface area contributed by atoms with E-state index >= 15 is 0 Å². The third kappa shape index (κ3) is 1.37. The first-order valence-corrected chi connectivity index (χ1v) is 4.86. The highest BCUT2D eigenvalue weighted by atomic mass is 32.1. The minimum Gasteiger partial charge on any atom is -0.445 e. The van der Waals surface area contributed by atoms with Crippen LogP contribution in [0.25, 0.3) is 22.5 Å². The maximum absolute atomic E-state index is 5.21. The molecule has 15 heavy (non-hydrogen) atoms. The number of nitrogens with zero attached hydrogens (tertiary/aromatic N) is 1. The lowest BCUT2D eigenvalue weighted by molar-refractivity contribution is 0.574. The second-order valence-electron chi connectivity index (χ2n) is 3.18. The van der Waals surface area contributed by atoms with Gasteiger partial charge in [-0.25, -0.2) is 4.98 Å². The van der Waals surface area contributed by atoms with Crippen LogP contribution in [0.5, 0.6) is 0 Å². The average Bonchev–Trinajstić information content (AvgIpc) is 2.82. The lowest BCUT2D eigenvalue weighted by atomic mass is 10.2. The molecule has 2 N–H and O–H groups in total. The van der Waals surface area contributed by atoms with E-state index in [9.17, 15) is 0 Å². The van der Waals surface area contributed by atoms with Gasteiger partial charge in [-0.3, -0.25) is 0 Å². The summed E-state index contributed by atoms with van der Waals surface area (Å²) in [5, 5.41) is 0. The summed E-state index contributed by atoms with van der Waals surface area (Å²) in [6.07, 6.45) is 3.18. The molecule has 0 saturated carbocycles. The zero-order chi connectivity index (χ0) is 10.3. The van der Waals surface area contributed by atoms with Gasteiger partial charge in [0.15, 0.2) is 4.77 Å². The van der Waals surface area contributed by atoms with E-state index in [-0.39, 0.29) is 0 Å². The van der Waals surface area contributed by atoms with Gasteiger partial charge < -0.3 is 14.4 Å². The maximum atomic E-state index is 5.21. The molecule has 3 rings (SSSR count). The van der Waals surface area contributed by atoms with Crippen molar-refractivity contribution < 1.29 is 4.42 Å². The number of aromatic nitrogens is 3. The standard InChI is InChI=1S/C10H7N3OS/c15-10-12-7-2-1-6(5-8(7)13-10)9-11-3-4-14-9/h1-5H,(H2,12,13,15). The lowest BCUT2D eigenvalue weighted by Gasteiger charge is -1.94. The number of fused-ring (bicyclic) bond motifs is 1. The van der Waals surface area contributed by atoms with Crippen molar-refractivity contribution >= 4 is 23.3 Å². The largest absolute Gasteiger partial charge is 0.445 e. The monoisotopic (exact) mass is 217 g/mol. The van der Waals surface area contributed by atoms with Gasteiger partial charge in [-0.05, 0) is 30.4 Å². The molecule has 0 fully saturated rings. The molecular formula is C10H7N3OS. The van der Waals surface area contributed by atoms with E-state index in [0.717, 1.165) is 16.6 Å². The summed E-state index contributed by atoms with van der Waals surface area (Å²) >= 11 is 5.01. The van der Waals surface area contributed by atoms with Crippen molar-refractivity contribution in [3.63, 3.8) is 0 Å². The normalized spacial score (nSPS) is 10.9. The van der Waals surface area contributed by atoms with Gasteiger partial charge in [0.25, 0.3) is 0 Å². The Bertz CT molecular complexity index is 651. The number of aromatic amines is 2. The number of rotatable bonds is 1. The Morgan fingerprint density at radius 1 is 1.20 bits per heavy atom. The highest BCUT2D eigenvalue weighted by Crippen LogP contribution is 2.21. The van der Waals surface area contributed by atoms with Gasteiger partial charge in [-0.1, -0.05) is 0 Å². The molecule has 4 nitrogen and oxygen atoms in total. The molecule has 2 aromatic heterocycles. The van der Waals surface area contributed by atoms with Gasteiger partial charge in [0.2, 0.25) is 5.89 Å². The van der Waals surface area contributed by atoms with Crippen molar-refractivity contribution in [2.24, 2.45) is 0 Å². The van der Waals surface area contributed by atoms with Crippen LogP contribution >= 0.6 is 12.2 Å². The van der Waals surface area contributed by atoms with Crippen LogP contribution < -0.4 is 0 Å². The molecule has 5 heteroatoms. The number of oxazole rings is 1. The van der Waals surface area contributed by atoms with Gasteiger partial charge in [-0.2, -0.15) is 0 Å². The molecule has 0 aliphatic rings. The summed E-state index contributed by atoms with van der Waals surface area (Å²) in [5.74, 6) is 0.609. The quantitative estimate of drug-likeness (QED) is 0.616. The van der Waals surface area contributed by atoms with E-state index < -0.39 is 0 Å². The SMILES string of the molecule is S=c1[nH]c2ccc(-c3ncco3)cc2[nH]1. The Balaban J connectivity index is 2.26. The topological polar surface area (TPSA) is 57.6 Å². The smallest absolute Gasteiger partial charge is 0.225 e. The second-order valence-corrected chi connectivity index (χ2v) is 3.58. The molecule has 0 bridgehead atoms. The third-order valence-electron chi connectivity index (χ3n) is 2.20. The zero-order valence-electron chi connectivity index (χ0n) is 7.65. The van der Waals surface area contributed by atoms with E-state index in [2.05, 4.69) is 15.0 Å². The van der Waals surface area contributed by atoms with Gasteiger partial charge in [0.05, 0.1) is 17.2 Å². The highest BCUT2D eigenvalue weighted by molar-refractivity contribution is 7.71. The molecule has 1 aromatic carbocycles. The highest BCUT2D eigenvalue weighted by Gasteiger charge is 2.04. The fourth-order valence-electron chi connectivity index (χ4n) is 1.53. The van der Waals surface area contributed by atoms with E-state index in [1.807, 2.05) is 18.2 Å². The van der Waals surface area contributed by atoms with Crippen LogP contribution in [0.1, 0.15) is 0 Å². The Morgan fingerprint density at radius 3 is 2.87 bits per heavy atom. The fraction of sp³-hybridized carbons (Fsp3) is 0. The Labute approximate surface area is 90.0 Å². The molecule has 0 spiro atoms. The molecule has 0 atom stereocenters. The van der Waals surface area contributed by atoms with Crippen molar-refractivity contribution in [2.45, 2.75) is 0 Å². The third-order valence-corrected chi connectivity index (χ3v) is 2.40. The van der Waals surface area contributed by atoms with Crippen LogP contribution in [-0.2, 0) is 0 Å². The van der Waals surface area contributed by atoms with Crippen molar-refractivity contribution in [2.75, 3.05) is 0 Å². The van der Waals surface area contributed by atoms with E-state index in [1.165, 1.54) is 0 Å². The summed E-state index contributed by atoms with van der Waals surface area (Å²) < 4.78 is 5.83. The number of hydrogen-bond acceptors (Lipinski definition) is 3. The molecule has 0 aliphatic carbocycles. The summed E-state index contributed by atoms with van der Waals surface area (Å²) in [6, 6.07) is 5.84. The van der Waals surface area contributed by atoms with E-state index in [0.29, 0.717) is 10.7 Å². The predicted octanol–water partition coefficient (Wildman–Crippen LogP) is 2.88. The lowest BCUT2D eigenvalue weighted by Crippen LogP contribution is -1.77. The number of benzene rings is 1. The molecule has 0 radical (unpaired) electrons. The number of nitrogens with one attached hydrogen (secondary N) is 2. The molecule has 3 aromatic rings. The molecule has 0 unspecified atom stereocenters. The van der Waals surface area contributed by atoms with Crippen LogP contribution in [0.4, 0.5) is 0 Å². The Hall–Kier alpha value is -1.88. The van der Waals surface area contributed by atoms with Crippen LogP contribution in [0, 0.1) is 4.77 Å². The van der Waals surface area contributed by atoms with Gasteiger partial charge in [0, 0.05) is 5.56 Å². The van der Waals surface area contributed by atoms with Crippen molar-refractivity contribution in [3.8, 4) is 11.5 Å². The summed E-state index contributed by atoms with van der Waals surface area (Å²) in [5.41, 5.74) is 2.86. The Kier molecular flexibility index (Phi) is 1.72. The minimum absolute atomic E-state index is 0.609. The van der Waals surface area contributed by atoms with E-state index in [1.54, 1.807) is 12.5 Å².